The number of hydrogen-bond acceptors (Lipinski definition) is 4. The molecule has 0 fully saturated rings. The summed E-state index contributed by atoms with van der Waals surface area (Å²) in [4.78, 5) is 12.1. The number of hydrazone groups is 1. The first kappa shape index (κ1) is 16.3. The molecule has 2 aromatic carbocycles. The van der Waals surface area contributed by atoms with Crippen molar-refractivity contribution in [1.29, 1.82) is 5.26 Å². The van der Waals surface area contributed by atoms with Gasteiger partial charge in [0.15, 0.2) is 0 Å². The summed E-state index contributed by atoms with van der Waals surface area (Å²) in [5.41, 5.74) is 2.84. The third-order valence-electron chi connectivity index (χ3n) is 2.64. The lowest BCUT2D eigenvalue weighted by Gasteiger charge is -2.07. The predicted molar refractivity (Wildman–Crippen MR) is 88.9 cm³/mol. The molecule has 0 heterocycles. The van der Waals surface area contributed by atoms with Gasteiger partial charge in [-0.2, -0.15) is 10.4 Å². The lowest BCUT2D eigenvalue weighted by atomic mass is 10.1. The number of anilines is 1. The number of carbonyl (C=O) groups is 1. The van der Waals surface area contributed by atoms with Crippen molar-refractivity contribution in [2.24, 2.45) is 5.10 Å². The average Bonchev–Trinajstić information content (AvgIpc) is 2.50. The number of nitrogens with one attached hydrogen (secondary N) is 1. The molecule has 110 valence electrons. The lowest BCUT2D eigenvalue weighted by molar-refractivity contribution is 0.106. The summed E-state index contributed by atoms with van der Waals surface area (Å²) < 4.78 is 0. The zero-order chi connectivity index (χ0) is 16.1. The number of rotatable bonds is 4. The topological polar surface area (TPSA) is 65.2 Å². The molecule has 0 radical (unpaired) electrons. The Morgan fingerprint density at radius 3 is 2.23 bits per heavy atom. The number of ketones is 1. The van der Waals surface area contributed by atoms with Crippen molar-refractivity contribution in [3.63, 3.8) is 0 Å². The third-order valence-corrected chi connectivity index (χ3v) is 3.46. The molecule has 0 saturated carbocycles. The van der Waals surface area contributed by atoms with Gasteiger partial charge in [-0.05, 0) is 12.1 Å². The molecule has 0 atom stereocenters. The van der Waals surface area contributed by atoms with Crippen LogP contribution in [0.4, 0.5) is 5.69 Å². The van der Waals surface area contributed by atoms with Crippen LogP contribution < -0.4 is 5.43 Å². The van der Waals surface area contributed by atoms with E-state index in [0.29, 0.717) is 10.6 Å². The van der Waals surface area contributed by atoms with E-state index in [2.05, 4.69) is 10.5 Å². The Morgan fingerprint density at radius 1 is 1.09 bits per heavy atom. The number of halogens is 3. The molecule has 0 aromatic heterocycles. The van der Waals surface area contributed by atoms with Gasteiger partial charge in [0.25, 0.3) is 0 Å². The fourth-order valence-corrected chi connectivity index (χ4v) is 2.52. The number of Topliss-reactive ketones (excluding diaryl/α,β-unsaturated/α-hetero) is 1. The Labute approximate surface area is 141 Å². The molecule has 22 heavy (non-hydrogen) atoms. The summed E-state index contributed by atoms with van der Waals surface area (Å²) in [7, 11) is 0. The van der Waals surface area contributed by atoms with E-state index in [1.165, 1.54) is 12.1 Å². The number of benzene rings is 2. The van der Waals surface area contributed by atoms with Gasteiger partial charge in [0, 0.05) is 10.6 Å². The second-order valence-corrected chi connectivity index (χ2v) is 5.37. The van der Waals surface area contributed by atoms with E-state index in [1.54, 1.807) is 36.4 Å². The quantitative estimate of drug-likeness (QED) is 0.487. The van der Waals surface area contributed by atoms with Gasteiger partial charge in [0.1, 0.15) is 6.07 Å². The Kier molecular flexibility index (Phi) is 5.40. The largest absolute Gasteiger partial charge is 0.286 e. The fraction of sp³-hybridized carbons (Fsp3) is 0. The maximum absolute atomic E-state index is 12.1. The van der Waals surface area contributed by atoms with E-state index in [4.69, 9.17) is 40.1 Å². The molecule has 4 nitrogen and oxygen atoms in total. The van der Waals surface area contributed by atoms with E-state index in [9.17, 15) is 4.79 Å². The summed E-state index contributed by atoms with van der Waals surface area (Å²) in [6, 6.07) is 13.0. The number of hydrogen-bond donors (Lipinski definition) is 1. The highest BCUT2D eigenvalue weighted by Gasteiger charge is 2.14. The molecular formula is C15H8Cl3N3O. The highest BCUT2D eigenvalue weighted by molar-refractivity contribution is 6.51. The summed E-state index contributed by atoms with van der Waals surface area (Å²) >= 11 is 17.8. The van der Waals surface area contributed by atoms with Gasteiger partial charge in [0.05, 0.1) is 15.7 Å². The van der Waals surface area contributed by atoms with Crippen molar-refractivity contribution < 1.29 is 4.79 Å². The third kappa shape index (κ3) is 3.77. The second-order valence-electron chi connectivity index (χ2n) is 4.12. The molecule has 0 amide bonds. The summed E-state index contributed by atoms with van der Waals surface area (Å²) in [6.07, 6.45) is 0. The van der Waals surface area contributed by atoms with Crippen LogP contribution >= 0.6 is 34.8 Å². The predicted octanol–water partition coefficient (Wildman–Crippen LogP) is 4.82. The minimum atomic E-state index is -0.503. The van der Waals surface area contributed by atoms with E-state index in [-0.39, 0.29) is 21.4 Å². The van der Waals surface area contributed by atoms with E-state index in [1.807, 2.05) is 0 Å². The standard InChI is InChI=1S/C15H8Cl3N3O/c16-10-6-11(17)14(12(18)7-10)21-20-13(8-19)15(22)9-4-2-1-3-5-9/h1-7,21H. The Balaban J connectivity index is 2.28. The minimum Gasteiger partial charge on any atom is -0.286 e. The molecule has 0 aliphatic heterocycles. The van der Waals surface area contributed by atoms with Crippen LogP contribution in [0.25, 0.3) is 0 Å². The zero-order valence-electron chi connectivity index (χ0n) is 11.0. The Morgan fingerprint density at radius 2 is 1.68 bits per heavy atom. The molecule has 1 N–H and O–H groups in total. The van der Waals surface area contributed by atoms with Gasteiger partial charge in [-0.1, -0.05) is 65.1 Å². The summed E-state index contributed by atoms with van der Waals surface area (Å²) in [5.74, 6) is -0.503. The molecule has 7 heteroatoms. The molecule has 2 aromatic rings. The van der Waals surface area contributed by atoms with Gasteiger partial charge in [-0.3, -0.25) is 10.2 Å². The molecular weight excluding hydrogens is 345 g/mol. The van der Waals surface area contributed by atoms with Crippen molar-refractivity contribution in [3.8, 4) is 6.07 Å². The van der Waals surface area contributed by atoms with Crippen LogP contribution in [0.15, 0.2) is 47.6 Å². The van der Waals surface area contributed by atoms with E-state index < -0.39 is 5.78 Å². The molecule has 0 unspecified atom stereocenters. The first-order valence-electron chi connectivity index (χ1n) is 6.01. The molecule has 0 bridgehead atoms. The average molecular weight is 353 g/mol. The van der Waals surface area contributed by atoms with Crippen LogP contribution in [-0.2, 0) is 0 Å². The fourth-order valence-electron chi connectivity index (χ4n) is 1.61. The second kappa shape index (κ2) is 7.28. The summed E-state index contributed by atoms with van der Waals surface area (Å²) in [6.45, 7) is 0. The van der Waals surface area contributed by atoms with Crippen molar-refractivity contribution >= 4 is 52.0 Å². The summed E-state index contributed by atoms with van der Waals surface area (Å²) in [5, 5.41) is 13.7. The van der Waals surface area contributed by atoms with E-state index >= 15 is 0 Å². The first-order valence-corrected chi connectivity index (χ1v) is 7.14. The SMILES string of the molecule is N#CC(=NNc1c(Cl)cc(Cl)cc1Cl)C(=O)c1ccccc1. The van der Waals surface area contributed by atoms with Crippen LogP contribution in [-0.4, -0.2) is 11.5 Å². The van der Waals surface area contributed by atoms with Crippen LogP contribution in [0.2, 0.25) is 15.1 Å². The lowest BCUT2D eigenvalue weighted by Crippen LogP contribution is -2.14. The first-order chi connectivity index (χ1) is 10.5. The van der Waals surface area contributed by atoms with Gasteiger partial charge in [-0.25, -0.2) is 0 Å². The highest BCUT2D eigenvalue weighted by Crippen LogP contribution is 2.33. The van der Waals surface area contributed by atoms with Crippen LogP contribution in [0.5, 0.6) is 0 Å². The van der Waals surface area contributed by atoms with Crippen LogP contribution in [0.3, 0.4) is 0 Å². The molecule has 0 spiro atoms. The van der Waals surface area contributed by atoms with Gasteiger partial charge >= 0.3 is 0 Å². The normalized spacial score (nSPS) is 10.9. The van der Waals surface area contributed by atoms with Gasteiger partial charge < -0.3 is 0 Å². The monoisotopic (exact) mass is 351 g/mol. The highest BCUT2D eigenvalue weighted by atomic mass is 35.5. The Hall–Kier alpha value is -2.06. The molecule has 0 aliphatic carbocycles. The Bertz CT molecular complexity index is 759. The van der Waals surface area contributed by atoms with Crippen LogP contribution in [0, 0.1) is 11.3 Å². The van der Waals surface area contributed by atoms with E-state index in [0.717, 1.165) is 0 Å². The molecule has 0 aliphatic rings. The number of nitriles is 1. The minimum absolute atomic E-state index is 0.227. The van der Waals surface area contributed by atoms with Gasteiger partial charge in [0.2, 0.25) is 11.5 Å². The maximum atomic E-state index is 12.1. The maximum Gasteiger partial charge on any atom is 0.223 e. The van der Waals surface area contributed by atoms with Gasteiger partial charge in [-0.15, -0.1) is 0 Å². The van der Waals surface area contributed by atoms with Crippen molar-refractivity contribution in [3.05, 3.63) is 63.1 Å². The number of nitrogens with zero attached hydrogens (tertiary/aromatic N) is 2. The molecule has 0 saturated heterocycles. The smallest absolute Gasteiger partial charge is 0.223 e. The zero-order valence-corrected chi connectivity index (χ0v) is 13.2. The van der Waals surface area contributed by atoms with Crippen molar-refractivity contribution in [2.45, 2.75) is 0 Å². The number of carbonyl (C=O) groups excluding carboxylic acids is 1. The molecule has 2 rings (SSSR count). The van der Waals surface area contributed by atoms with Crippen molar-refractivity contribution in [1.82, 2.24) is 0 Å². The van der Waals surface area contributed by atoms with Crippen LogP contribution in [0.1, 0.15) is 10.4 Å². The van der Waals surface area contributed by atoms with Crippen molar-refractivity contribution in [2.75, 3.05) is 5.43 Å².